The van der Waals surface area contributed by atoms with Crippen molar-refractivity contribution in [3.8, 4) is 0 Å². The van der Waals surface area contributed by atoms with Gasteiger partial charge in [-0.2, -0.15) is 0 Å². The van der Waals surface area contributed by atoms with Crippen molar-refractivity contribution in [3.63, 3.8) is 0 Å². The van der Waals surface area contributed by atoms with E-state index < -0.39 is 7.59 Å². The van der Waals surface area contributed by atoms with Crippen molar-refractivity contribution in [1.29, 1.82) is 0 Å². The summed E-state index contributed by atoms with van der Waals surface area (Å²) in [4.78, 5) is 0. The fraction of sp³-hybridized carbons (Fsp3) is 0. The normalized spacial score (nSPS) is 9.83. The molecular weight excluding hydrogens is 117 g/mol. The van der Waals surface area contributed by atoms with E-state index in [0.717, 1.165) is 0 Å². The molecule has 4 nitrogen and oxygen atoms in total. The van der Waals surface area contributed by atoms with E-state index in [2.05, 4.69) is 16.5 Å². The van der Waals surface area contributed by atoms with Gasteiger partial charge in [-0.05, 0) is 11.0 Å². The van der Waals surface area contributed by atoms with Crippen LogP contribution < -0.4 is 16.5 Å². The molecule has 0 aromatic carbocycles. The summed E-state index contributed by atoms with van der Waals surface area (Å²) in [6.07, 6.45) is 0. The molecule has 6 heteroatoms. The fourth-order valence-corrected chi connectivity index (χ4v) is 0. The highest BCUT2D eigenvalue weighted by Gasteiger charge is 1.90. The minimum Gasteiger partial charge on any atom is -0.272 e. The average molecular weight is 127 g/mol. The quantitative estimate of drug-likeness (QED) is 0.248. The monoisotopic (exact) mass is 127 g/mol. The lowest BCUT2D eigenvalue weighted by molar-refractivity contribution is 0.577. The van der Waals surface area contributed by atoms with Crippen molar-refractivity contribution >= 4 is 18.6 Å². The molecule has 0 saturated carbocycles. The average Bonchev–Trinajstić information content (AvgIpc) is 0.722. The summed E-state index contributed by atoms with van der Waals surface area (Å²) in [5, 5.41) is 0. The zero-order chi connectivity index (χ0) is 4.50. The largest absolute Gasteiger partial charge is 0.272 e. The molecule has 0 fully saturated rings. The fourth-order valence-electron chi connectivity index (χ4n) is 0. The van der Waals surface area contributed by atoms with Gasteiger partial charge >= 0.3 is 0 Å². The van der Waals surface area contributed by atoms with Gasteiger partial charge in [0.2, 0.25) is 0 Å². The highest BCUT2D eigenvalue weighted by atomic mass is 31.2. The predicted molar refractivity (Wildman–Crippen MR) is 31.5 cm³/mol. The molecule has 6 N–H and O–H groups in total. The Balaban J connectivity index is 0. The van der Waals surface area contributed by atoms with Crippen molar-refractivity contribution in [2.45, 2.75) is 0 Å². The highest BCUT2D eigenvalue weighted by molar-refractivity contribution is 7.56. The molecule has 0 rings (SSSR count). The molecule has 0 spiro atoms. The topological polar surface area (TPSA) is 95.1 Å². The first-order valence-electron chi connectivity index (χ1n) is 0.957. The Kier molecular flexibility index (Phi) is 3.98. The molecule has 0 aliphatic heterocycles. The number of hydrogen-bond donors (Lipinski definition) is 3. The van der Waals surface area contributed by atoms with Gasteiger partial charge < -0.3 is 0 Å². The van der Waals surface area contributed by atoms with Gasteiger partial charge in [0, 0.05) is 0 Å². The molecule has 0 heterocycles. The van der Waals surface area contributed by atoms with Crippen molar-refractivity contribution in [1.82, 2.24) is 0 Å². The van der Waals surface area contributed by atoms with Gasteiger partial charge in [-0.1, -0.05) is 0 Å². The Morgan fingerprint density at radius 3 is 1.17 bits per heavy atom. The van der Waals surface area contributed by atoms with Crippen LogP contribution >= 0.6 is 7.59 Å². The van der Waals surface area contributed by atoms with E-state index in [0.29, 0.717) is 0 Å². The molecule has 0 aliphatic rings. The number of nitrogens with two attached hydrogens (primary N) is 3. The summed E-state index contributed by atoms with van der Waals surface area (Å²) in [6, 6.07) is 0. The van der Waals surface area contributed by atoms with Gasteiger partial charge in [0.05, 0.1) is 0 Å². The maximum absolute atomic E-state index is 9.55. The van der Waals surface area contributed by atoms with Gasteiger partial charge in [-0.25, -0.2) is 0 Å². The molecule has 0 unspecified atom stereocenters. The molecule has 0 saturated heterocycles. The maximum Gasteiger partial charge on any atom is 0.271 e. The predicted octanol–water partition coefficient (Wildman–Crippen LogP) is -2.48. The van der Waals surface area contributed by atoms with E-state index in [1.807, 2.05) is 0 Å². The first-order chi connectivity index (χ1) is 2.00. The third kappa shape index (κ3) is 448. The highest BCUT2D eigenvalue weighted by Crippen LogP contribution is 2.06. The molecule has 0 atom stereocenters. The van der Waals surface area contributed by atoms with E-state index >= 15 is 0 Å². The zero-order valence-electron chi connectivity index (χ0n) is 2.59. The van der Waals surface area contributed by atoms with Crippen LogP contribution in [0.3, 0.4) is 0 Å². The lowest BCUT2D eigenvalue weighted by Gasteiger charge is -1.88. The van der Waals surface area contributed by atoms with Gasteiger partial charge in [0.15, 0.2) is 0 Å². The lowest BCUT2D eigenvalue weighted by Crippen LogP contribution is -2.12. The van der Waals surface area contributed by atoms with E-state index in [9.17, 15) is 4.57 Å². The second-order valence-corrected chi connectivity index (χ2v) is 2.29. The summed E-state index contributed by atoms with van der Waals surface area (Å²) in [6.45, 7) is 0. The summed E-state index contributed by atoms with van der Waals surface area (Å²) >= 11 is 0. The summed E-state index contributed by atoms with van der Waals surface area (Å²) in [5.41, 5.74) is 13.4. The SMILES string of the molecule is NP(N)(N)=O.[SiH4]. The molecular formula is H10N3OPSi. The van der Waals surface area contributed by atoms with Gasteiger partial charge in [0.25, 0.3) is 7.59 Å². The van der Waals surface area contributed by atoms with Gasteiger partial charge in [-0.3, -0.25) is 21.1 Å². The zero-order valence-corrected chi connectivity index (χ0v) is 3.48. The van der Waals surface area contributed by atoms with Crippen LogP contribution in [0.25, 0.3) is 0 Å². The maximum atomic E-state index is 9.55. The molecule has 0 radical (unpaired) electrons. The third-order valence-electron chi connectivity index (χ3n) is 0. The van der Waals surface area contributed by atoms with Crippen LogP contribution in [0, 0.1) is 0 Å². The van der Waals surface area contributed by atoms with Crippen LogP contribution in [0.2, 0.25) is 0 Å². The van der Waals surface area contributed by atoms with Crippen molar-refractivity contribution in [3.05, 3.63) is 0 Å². The smallest absolute Gasteiger partial charge is 0.271 e. The van der Waals surface area contributed by atoms with Crippen LogP contribution in [0.5, 0.6) is 0 Å². The molecule has 0 aromatic heterocycles. The molecule has 0 amide bonds. The van der Waals surface area contributed by atoms with Crippen LogP contribution in [0.4, 0.5) is 0 Å². The minimum absolute atomic E-state index is 0. The van der Waals surface area contributed by atoms with Crippen LogP contribution in [-0.2, 0) is 4.57 Å². The molecule has 0 aromatic rings. The molecule has 40 valence electrons. The Hall–Kier alpha value is 0.327. The lowest BCUT2D eigenvalue weighted by atomic mass is 13.8. The first kappa shape index (κ1) is 9.59. The Morgan fingerprint density at radius 2 is 1.17 bits per heavy atom. The summed E-state index contributed by atoms with van der Waals surface area (Å²) in [7, 11) is -3.14. The van der Waals surface area contributed by atoms with E-state index in [-0.39, 0.29) is 11.0 Å². The third-order valence-corrected chi connectivity index (χ3v) is 0. The van der Waals surface area contributed by atoms with E-state index in [4.69, 9.17) is 0 Å². The van der Waals surface area contributed by atoms with E-state index in [1.165, 1.54) is 0 Å². The number of hydrogen-bond acceptors (Lipinski definition) is 1. The first-order valence-corrected chi connectivity index (χ1v) is 2.87. The minimum atomic E-state index is -3.14. The summed E-state index contributed by atoms with van der Waals surface area (Å²) < 4.78 is 9.55. The second kappa shape index (κ2) is 2.49. The number of rotatable bonds is 0. The van der Waals surface area contributed by atoms with Crippen molar-refractivity contribution in [2.24, 2.45) is 16.5 Å². The molecule has 0 aliphatic carbocycles. The van der Waals surface area contributed by atoms with Crippen molar-refractivity contribution in [2.75, 3.05) is 0 Å². The Labute approximate surface area is 40.6 Å². The molecule has 0 bridgehead atoms. The molecule has 6 heavy (non-hydrogen) atoms. The Morgan fingerprint density at radius 1 is 1.17 bits per heavy atom. The second-order valence-electron chi connectivity index (χ2n) is 0.763. The van der Waals surface area contributed by atoms with Gasteiger partial charge in [-0.15, -0.1) is 0 Å². The van der Waals surface area contributed by atoms with Crippen LogP contribution in [0.15, 0.2) is 0 Å². The summed E-state index contributed by atoms with van der Waals surface area (Å²) in [5.74, 6) is 0. The Bertz CT molecular complexity index is 56.9. The standard InChI is InChI=1S/H6N3OP.H4Si/c1-5(2,3)4;/h(H6,1,2,3,4);1H4. The van der Waals surface area contributed by atoms with E-state index in [1.54, 1.807) is 0 Å². The van der Waals surface area contributed by atoms with Gasteiger partial charge in [0.1, 0.15) is 0 Å². The van der Waals surface area contributed by atoms with Crippen LogP contribution in [0.1, 0.15) is 0 Å². The van der Waals surface area contributed by atoms with Crippen LogP contribution in [-0.4, -0.2) is 11.0 Å². The van der Waals surface area contributed by atoms with Crippen molar-refractivity contribution < 1.29 is 4.57 Å².